The summed E-state index contributed by atoms with van der Waals surface area (Å²) in [6.07, 6.45) is 9.26. The molecule has 8 bridgehead atoms. The fourth-order valence-corrected chi connectivity index (χ4v) is 19.3. The SMILES string of the molecule is CCCCC[C@@H]1CN2C(=O)[C@]13[C@H](CO)CCC[C@H]3CSSC[C@@]13C[C@@H](O)[C@@H](O)C[C@]1(C)[C@H]1CC[C@]4(CCc5cc(O)cc2c5)[C@@H]([C@@](C)(O)[C@@H]2O[C@H]2[C@H](C)C(C)C)CC[C@@]4(O)C1=CC3=O. The van der Waals surface area contributed by atoms with E-state index < -0.39 is 51.2 Å². The highest BCUT2D eigenvalue weighted by Crippen LogP contribution is 2.73. The Morgan fingerprint density at radius 1 is 0.969 bits per heavy atom. The average Bonchev–Trinajstić information content (AvgIpc) is 3.94. The van der Waals surface area contributed by atoms with Gasteiger partial charge in [-0.15, -0.1) is 0 Å². The van der Waals surface area contributed by atoms with Crippen LogP contribution in [0.1, 0.15) is 137 Å². The summed E-state index contributed by atoms with van der Waals surface area (Å²) in [6, 6.07) is 5.53. The predicted octanol–water partition coefficient (Wildman–Crippen LogP) is 8.02. The zero-order valence-corrected chi connectivity index (χ0v) is 40.9. The molecule has 5 aliphatic heterocycles. The average molecular weight is 924 g/mol. The molecule has 3 spiro atoms. The number of epoxide rings is 1. The van der Waals surface area contributed by atoms with E-state index in [-0.39, 0.29) is 78.5 Å². The first-order chi connectivity index (χ1) is 30.4. The molecule has 64 heavy (non-hydrogen) atoms. The van der Waals surface area contributed by atoms with Gasteiger partial charge in [-0.05, 0) is 154 Å². The lowest BCUT2D eigenvalue weighted by Crippen LogP contribution is -2.67. The van der Waals surface area contributed by atoms with Crippen molar-refractivity contribution in [1.29, 1.82) is 0 Å². The van der Waals surface area contributed by atoms with Gasteiger partial charge in [0.05, 0.1) is 40.3 Å². The van der Waals surface area contributed by atoms with Crippen LogP contribution in [-0.2, 0) is 20.7 Å². The van der Waals surface area contributed by atoms with E-state index in [0.717, 1.165) is 56.1 Å². The van der Waals surface area contributed by atoms with E-state index in [0.29, 0.717) is 68.2 Å². The van der Waals surface area contributed by atoms with Crippen LogP contribution in [0.5, 0.6) is 5.75 Å². The monoisotopic (exact) mass is 924 g/mol. The fourth-order valence-electron chi connectivity index (χ4n) is 16.1. The number of amides is 1. The van der Waals surface area contributed by atoms with Gasteiger partial charge in [-0.2, -0.15) is 0 Å². The summed E-state index contributed by atoms with van der Waals surface area (Å²) >= 11 is 0. The standard InChI is InChI=1S/C52H77NO9S2/c1-7-8-9-11-33-26-53-36-20-32(21-37(55)22-36)14-17-49-18-15-38-39(51(49,61)19-16-42(49)48(6,60)45-44(62-45)31(4)30(2)3)23-43(58)50(25-41(57)40(56)24-47(38,50)5)29-64-63-28-35-13-10-12-34(27-54)52(33,35)46(53)59/h20-23,30-31,33-35,38,40-42,44-45,54-57,60-61H,7-19,24-29H2,1-6H3/t31-,33-,34+,35+,38+,40+,41-,42-,44+,45-,47-,48-,49-,50-,51-,52+/m1/s1. The number of aliphatic hydroxyl groups is 5. The number of allylic oxidation sites excluding steroid dienone is 1. The summed E-state index contributed by atoms with van der Waals surface area (Å²) in [4.78, 5) is 32.8. The highest BCUT2D eigenvalue weighted by atomic mass is 33.1. The fraction of sp³-hybridized carbons (Fsp3) is 0.808. The van der Waals surface area contributed by atoms with Gasteiger partial charge in [0.1, 0.15) is 11.9 Å². The van der Waals surface area contributed by atoms with Crippen LogP contribution in [0, 0.1) is 63.1 Å². The molecule has 1 aromatic rings. The number of phenols is 1. The van der Waals surface area contributed by atoms with Crippen molar-refractivity contribution >= 4 is 39.0 Å². The van der Waals surface area contributed by atoms with Crippen molar-refractivity contribution in [2.24, 2.45) is 63.1 Å². The maximum Gasteiger partial charge on any atom is 0.234 e. The van der Waals surface area contributed by atoms with E-state index in [9.17, 15) is 30.6 Å². The number of carbonyl (C=O) groups is 2. The number of fused-ring (bicyclic) bond motifs is 2. The number of ether oxygens (including phenoxy) is 1. The van der Waals surface area contributed by atoms with Crippen LogP contribution in [0.4, 0.5) is 5.69 Å². The van der Waals surface area contributed by atoms with Crippen LogP contribution in [0.25, 0.3) is 0 Å². The van der Waals surface area contributed by atoms with E-state index in [1.54, 1.807) is 39.8 Å². The molecular formula is C52H77NO9S2. The third kappa shape index (κ3) is 6.92. The minimum absolute atomic E-state index is 0.00158. The van der Waals surface area contributed by atoms with E-state index in [4.69, 9.17) is 4.74 Å². The molecule has 0 unspecified atom stereocenters. The topological polar surface area (TPSA) is 171 Å². The first-order valence-electron chi connectivity index (χ1n) is 25.1. The number of aryl methyl sites for hydroxylation is 1. The van der Waals surface area contributed by atoms with Crippen molar-refractivity contribution < 1.29 is 45.0 Å². The number of hydrogen-bond acceptors (Lipinski definition) is 11. The number of benzene rings is 1. The summed E-state index contributed by atoms with van der Waals surface area (Å²) in [6.45, 7) is 13.2. The van der Waals surface area contributed by atoms with Gasteiger partial charge in [0.15, 0.2) is 5.78 Å². The molecular weight excluding hydrogens is 847 g/mol. The molecule has 10 nitrogen and oxygen atoms in total. The van der Waals surface area contributed by atoms with Gasteiger partial charge in [-0.25, -0.2) is 0 Å². The second-order valence-corrected chi connectivity index (χ2v) is 25.5. The number of nitrogens with zero attached hydrogens (tertiary/aromatic N) is 1. The number of carbonyl (C=O) groups excluding carboxylic acids is 2. The summed E-state index contributed by atoms with van der Waals surface area (Å²) in [7, 11) is 3.34. The van der Waals surface area contributed by atoms with Crippen molar-refractivity contribution in [3.05, 3.63) is 35.4 Å². The van der Waals surface area contributed by atoms with Crippen LogP contribution in [0.15, 0.2) is 29.8 Å². The molecule has 10 aliphatic rings. The highest BCUT2D eigenvalue weighted by Gasteiger charge is 2.74. The van der Waals surface area contributed by atoms with Crippen molar-refractivity contribution in [3.63, 3.8) is 0 Å². The Balaban J connectivity index is 1.19. The Morgan fingerprint density at radius 3 is 2.47 bits per heavy atom. The largest absolute Gasteiger partial charge is 0.508 e. The van der Waals surface area contributed by atoms with Gasteiger partial charge in [0.2, 0.25) is 5.91 Å². The van der Waals surface area contributed by atoms with Crippen LogP contribution in [0.2, 0.25) is 0 Å². The summed E-state index contributed by atoms with van der Waals surface area (Å²) in [5.74, 6) is 0.971. The predicted molar refractivity (Wildman–Crippen MR) is 253 cm³/mol. The van der Waals surface area contributed by atoms with Crippen LogP contribution >= 0.6 is 21.6 Å². The smallest absolute Gasteiger partial charge is 0.234 e. The second-order valence-electron chi connectivity index (χ2n) is 23.0. The van der Waals surface area contributed by atoms with Gasteiger partial charge < -0.3 is 40.3 Å². The molecule has 5 aliphatic carbocycles. The number of phenolic OH excluding ortho intramolecular Hbond substituents is 1. The normalized spacial score (nSPS) is 44.6. The lowest BCUT2D eigenvalue weighted by molar-refractivity contribution is -0.183. The highest BCUT2D eigenvalue weighted by molar-refractivity contribution is 8.76. The number of rotatable bonds is 9. The zero-order valence-electron chi connectivity index (χ0n) is 39.3. The van der Waals surface area contributed by atoms with Gasteiger partial charge >= 0.3 is 0 Å². The summed E-state index contributed by atoms with van der Waals surface area (Å²) < 4.78 is 6.38. The third-order valence-electron chi connectivity index (χ3n) is 20.0. The van der Waals surface area contributed by atoms with Crippen LogP contribution in [-0.4, -0.2) is 103 Å². The molecule has 2 saturated heterocycles. The van der Waals surface area contributed by atoms with Crippen LogP contribution < -0.4 is 4.90 Å². The Bertz CT molecular complexity index is 1990. The molecule has 1 amide bonds. The first kappa shape index (κ1) is 47.4. The Kier molecular flexibility index (Phi) is 12.7. The first-order valence-corrected chi connectivity index (χ1v) is 27.6. The maximum atomic E-state index is 15.6. The quantitative estimate of drug-likeness (QED) is 0.0806. The van der Waals surface area contributed by atoms with Crippen molar-refractivity contribution in [2.45, 2.75) is 173 Å². The number of aliphatic hydroxyl groups excluding tert-OH is 3. The molecule has 4 saturated carbocycles. The summed E-state index contributed by atoms with van der Waals surface area (Å²) in [5, 5.41) is 72.2. The molecule has 12 heteroatoms. The molecule has 6 N–H and O–H groups in total. The molecule has 1 aromatic carbocycles. The lowest BCUT2D eigenvalue weighted by Gasteiger charge is -2.65. The van der Waals surface area contributed by atoms with Gasteiger partial charge in [0, 0.05) is 41.8 Å². The molecule has 16 atom stereocenters. The summed E-state index contributed by atoms with van der Waals surface area (Å²) in [5.41, 5.74) is -3.86. The zero-order chi connectivity index (χ0) is 45.8. The van der Waals surface area contributed by atoms with E-state index in [1.165, 1.54) is 0 Å². The van der Waals surface area contributed by atoms with Crippen molar-refractivity contribution in [1.82, 2.24) is 0 Å². The van der Waals surface area contributed by atoms with Crippen molar-refractivity contribution in [2.75, 3.05) is 29.6 Å². The lowest BCUT2D eigenvalue weighted by atomic mass is 9.41. The number of anilines is 1. The number of ketones is 1. The minimum atomic E-state index is -1.44. The number of unbranched alkanes of at least 4 members (excludes halogenated alkanes) is 2. The van der Waals surface area contributed by atoms with E-state index in [1.807, 2.05) is 17.9 Å². The third-order valence-corrected chi connectivity index (χ3v) is 22.5. The second kappa shape index (κ2) is 17.1. The minimum Gasteiger partial charge on any atom is -0.508 e. The Labute approximate surface area is 389 Å². The molecule has 11 rings (SSSR count). The van der Waals surface area contributed by atoms with Gasteiger partial charge in [0.25, 0.3) is 0 Å². The molecule has 5 heterocycles. The molecule has 356 valence electrons. The Morgan fingerprint density at radius 2 is 1.73 bits per heavy atom. The van der Waals surface area contributed by atoms with E-state index >= 15 is 9.59 Å². The Hall–Kier alpha value is -1.64. The molecule has 0 aromatic heterocycles. The molecule has 6 fully saturated rings. The van der Waals surface area contributed by atoms with Crippen LogP contribution in [0.3, 0.4) is 0 Å². The maximum absolute atomic E-state index is 15.6. The van der Waals surface area contributed by atoms with Gasteiger partial charge in [-0.3, -0.25) is 9.59 Å². The van der Waals surface area contributed by atoms with Gasteiger partial charge in [-0.1, -0.05) is 81.9 Å². The molecule has 0 radical (unpaired) electrons. The van der Waals surface area contributed by atoms with E-state index in [2.05, 4.69) is 34.6 Å². The number of hydrogen-bond donors (Lipinski definition) is 6. The van der Waals surface area contributed by atoms with Crippen molar-refractivity contribution in [3.8, 4) is 5.75 Å². The number of aromatic hydroxyl groups is 1.